The molecule has 0 heterocycles. The molecule has 0 aliphatic carbocycles. The maximum atomic E-state index is 14.7. The van der Waals surface area contributed by atoms with Crippen molar-refractivity contribution >= 4 is 39.3 Å². The number of hydrogen-bond acceptors (Lipinski definition) is 6. The fourth-order valence-electron chi connectivity index (χ4n) is 4.14. The molecule has 0 spiro atoms. The van der Waals surface area contributed by atoms with E-state index in [2.05, 4.69) is 5.32 Å². The van der Waals surface area contributed by atoms with Crippen LogP contribution in [0.2, 0.25) is 0 Å². The molecule has 0 aromatic heterocycles. The highest BCUT2D eigenvalue weighted by Crippen LogP contribution is 2.28. The summed E-state index contributed by atoms with van der Waals surface area (Å²) in [6.45, 7) is 6.75. The van der Waals surface area contributed by atoms with Crippen LogP contribution in [0.3, 0.4) is 0 Å². The van der Waals surface area contributed by atoms with Gasteiger partial charge in [0.1, 0.15) is 24.2 Å². The van der Waals surface area contributed by atoms with Gasteiger partial charge in [-0.3, -0.25) is 13.9 Å². The van der Waals surface area contributed by atoms with Crippen LogP contribution in [-0.2, 0) is 26.2 Å². The lowest BCUT2D eigenvalue weighted by Gasteiger charge is -2.32. The molecule has 1 N–H and O–H groups in total. The highest BCUT2D eigenvalue weighted by Gasteiger charge is 2.33. The number of rotatable bonds is 14. The summed E-state index contributed by atoms with van der Waals surface area (Å²) in [7, 11) is -4.22. The van der Waals surface area contributed by atoms with Gasteiger partial charge in [0.15, 0.2) is 0 Å². The highest BCUT2D eigenvalue weighted by atomic mass is 32.2. The number of anilines is 1. The number of halogens is 1. The summed E-state index contributed by atoms with van der Waals surface area (Å²) < 4.78 is 49.2. The Morgan fingerprint density at radius 2 is 1.62 bits per heavy atom. The number of sulfonamides is 1. The Morgan fingerprint density at radius 3 is 2.19 bits per heavy atom. The van der Waals surface area contributed by atoms with Crippen molar-refractivity contribution in [3.8, 4) is 5.75 Å². The molecule has 8 nitrogen and oxygen atoms in total. The van der Waals surface area contributed by atoms with Crippen LogP contribution < -0.4 is 14.4 Å². The van der Waals surface area contributed by atoms with E-state index in [1.165, 1.54) is 47.0 Å². The molecule has 0 radical (unpaired) electrons. The SMILES string of the molecule is CCOc1ccc(N(CC(=O)N(Cc2ccccc2F)[C@@H](C)C(=O)N[C@H](C)CC)S(=O)(=O)c2ccc(SC)cc2)cc1. The van der Waals surface area contributed by atoms with Gasteiger partial charge in [-0.15, -0.1) is 11.8 Å². The minimum Gasteiger partial charge on any atom is -0.494 e. The first-order valence-corrected chi connectivity index (χ1v) is 16.4. The maximum Gasteiger partial charge on any atom is 0.264 e. The van der Waals surface area contributed by atoms with Crippen molar-refractivity contribution < 1.29 is 27.1 Å². The van der Waals surface area contributed by atoms with Crippen molar-refractivity contribution in [3.05, 3.63) is 84.2 Å². The van der Waals surface area contributed by atoms with Crippen LogP contribution in [0.1, 0.15) is 39.7 Å². The molecule has 2 amide bonds. The van der Waals surface area contributed by atoms with Gasteiger partial charge in [0, 0.05) is 23.0 Å². The molecule has 42 heavy (non-hydrogen) atoms. The summed E-state index contributed by atoms with van der Waals surface area (Å²) in [5, 5.41) is 2.86. The second-order valence-electron chi connectivity index (χ2n) is 9.72. The first-order valence-electron chi connectivity index (χ1n) is 13.7. The van der Waals surface area contributed by atoms with Gasteiger partial charge in [0.25, 0.3) is 10.0 Å². The van der Waals surface area contributed by atoms with Crippen molar-refractivity contribution in [2.24, 2.45) is 0 Å². The Morgan fingerprint density at radius 1 is 0.976 bits per heavy atom. The average molecular weight is 616 g/mol. The van der Waals surface area contributed by atoms with E-state index < -0.39 is 40.2 Å². The van der Waals surface area contributed by atoms with E-state index >= 15 is 0 Å². The first-order chi connectivity index (χ1) is 20.0. The number of hydrogen-bond donors (Lipinski definition) is 1. The first kappa shape index (κ1) is 32.9. The summed E-state index contributed by atoms with van der Waals surface area (Å²) in [6.07, 6.45) is 2.57. The van der Waals surface area contributed by atoms with Gasteiger partial charge < -0.3 is 15.0 Å². The Balaban J connectivity index is 2.04. The molecule has 226 valence electrons. The van der Waals surface area contributed by atoms with Crippen molar-refractivity contribution in [2.75, 3.05) is 23.7 Å². The average Bonchev–Trinajstić information content (AvgIpc) is 2.99. The molecule has 3 aromatic rings. The number of nitrogens with one attached hydrogen (secondary N) is 1. The fraction of sp³-hybridized carbons (Fsp3) is 0.355. The van der Waals surface area contributed by atoms with Crippen LogP contribution in [-0.4, -0.2) is 56.6 Å². The van der Waals surface area contributed by atoms with Crippen molar-refractivity contribution in [1.29, 1.82) is 0 Å². The Bertz CT molecular complexity index is 1450. The van der Waals surface area contributed by atoms with E-state index in [0.29, 0.717) is 18.8 Å². The molecule has 0 saturated heterocycles. The van der Waals surface area contributed by atoms with Crippen molar-refractivity contribution in [2.45, 2.75) is 62.5 Å². The number of benzene rings is 3. The van der Waals surface area contributed by atoms with E-state index in [9.17, 15) is 22.4 Å². The summed E-state index contributed by atoms with van der Waals surface area (Å²) in [4.78, 5) is 29.2. The van der Waals surface area contributed by atoms with Crippen molar-refractivity contribution in [1.82, 2.24) is 10.2 Å². The zero-order valence-electron chi connectivity index (χ0n) is 24.5. The molecule has 0 unspecified atom stereocenters. The maximum absolute atomic E-state index is 14.7. The largest absolute Gasteiger partial charge is 0.494 e. The van der Waals surface area contributed by atoms with Crippen LogP contribution >= 0.6 is 11.8 Å². The van der Waals surface area contributed by atoms with Crippen LogP contribution in [0, 0.1) is 5.82 Å². The fourth-order valence-corrected chi connectivity index (χ4v) is 5.96. The molecule has 2 atom stereocenters. The van der Waals surface area contributed by atoms with E-state index in [-0.39, 0.29) is 28.7 Å². The second-order valence-corrected chi connectivity index (χ2v) is 12.5. The molecule has 3 rings (SSSR count). The molecular formula is C31H38FN3O5S2. The summed E-state index contributed by atoms with van der Waals surface area (Å²) in [5.41, 5.74) is 0.445. The van der Waals surface area contributed by atoms with Gasteiger partial charge in [0.2, 0.25) is 11.8 Å². The van der Waals surface area contributed by atoms with E-state index in [1.807, 2.05) is 27.0 Å². The topological polar surface area (TPSA) is 96.0 Å². The molecule has 0 fully saturated rings. The number of nitrogens with zero attached hydrogens (tertiary/aromatic N) is 2. The summed E-state index contributed by atoms with van der Waals surface area (Å²) in [5.74, 6) is -1.07. The van der Waals surface area contributed by atoms with Gasteiger partial charge >= 0.3 is 0 Å². The van der Waals surface area contributed by atoms with Crippen LogP contribution in [0.25, 0.3) is 0 Å². The number of ether oxygens (including phenoxy) is 1. The Kier molecular flexibility index (Phi) is 11.8. The monoisotopic (exact) mass is 615 g/mol. The lowest BCUT2D eigenvalue weighted by molar-refractivity contribution is -0.139. The zero-order valence-corrected chi connectivity index (χ0v) is 26.2. The normalized spacial score (nSPS) is 12.7. The molecule has 0 bridgehead atoms. The molecule has 3 aromatic carbocycles. The Labute approximate surface area is 252 Å². The summed E-state index contributed by atoms with van der Waals surface area (Å²) >= 11 is 1.48. The lowest BCUT2D eigenvalue weighted by atomic mass is 10.1. The second kappa shape index (κ2) is 15.1. The predicted octanol–water partition coefficient (Wildman–Crippen LogP) is 5.47. The van der Waals surface area contributed by atoms with E-state index in [0.717, 1.165) is 9.20 Å². The standard InChI is InChI=1S/C31H38FN3O5S2/c1-6-22(3)33-31(37)23(4)34(20-24-10-8-9-11-29(24)32)30(36)21-35(25-12-14-26(15-13-25)40-7-2)42(38,39)28-18-16-27(41-5)17-19-28/h8-19,22-23H,6-7,20-21H2,1-5H3,(H,33,37)/t22-,23+/m1/s1. The number of carbonyl (C=O) groups is 2. The smallest absolute Gasteiger partial charge is 0.264 e. The minimum atomic E-state index is -4.22. The van der Waals surface area contributed by atoms with Crippen LogP contribution in [0.4, 0.5) is 10.1 Å². The molecule has 0 saturated carbocycles. The molecule has 11 heteroatoms. The van der Waals surface area contributed by atoms with Gasteiger partial charge in [-0.1, -0.05) is 25.1 Å². The number of thioether (sulfide) groups is 1. The number of carbonyl (C=O) groups excluding carboxylic acids is 2. The quantitative estimate of drug-likeness (QED) is 0.242. The van der Waals surface area contributed by atoms with Gasteiger partial charge in [-0.05, 0) is 88.0 Å². The summed E-state index contributed by atoms with van der Waals surface area (Å²) in [6, 6.07) is 17.6. The lowest BCUT2D eigenvalue weighted by Crippen LogP contribution is -2.52. The molecular weight excluding hydrogens is 577 g/mol. The third-order valence-electron chi connectivity index (χ3n) is 6.83. The van der Waals surface area contributed by atoms with Gasteiger partial charge in [-0.25, -0.2) is 12.8 Å². The van der Waals surface area contributed by atoms with Gasteiger partial charge in [0.05, 0.1) is 17.2 Å². The molecule has 0 aliphatic rings. The third kappa shape index (κ3) is 8.25. The predicted molar refractivity (Wildman–Crippen MR) is 165 cm³/mol. The zero-order chi connectivity index (χ0) is 30.9. The third-order valence-corrected chi connectivity index (χ3v) is 9.36. The minimum absolute atomic E-state index is 0.00482. The molecule has 0 aliphatic heterocycles. The van der Waals surface area contributed by atoms with Crippen LogP contribution in [0.5, 0.6) is 5.75 Å². The van der Waals surface area contributed by atoms with Crippen molar-refractivity contribution in [3.63, 3.8) is 0 Å². The van der Waals surface area contributed by atoms with E-state index in [1.54, 1.807) is 49.4 Å². The van der Waals surface area contributed by atoms with E-state index in [4.69, 9.17) is 4.74 Å². The Hall–Kier alpha value is -3.57. The van der Waals surface area contributed by atoms with Crippen LogP contribution in [0.15, 0.2) is 82.6 Å². The number of amides is 2. The highest BCUT2D eigenvalue weighted by molar-refractivity contribution is 7.98. The van der Waals surface area contributed by atoms with Gasteiger partial charge in [-0.2, -0.15) is 0 Å².